The zero-order chi connectivity index (χ0) is 18.3. The van der Waals surface area contributed by atoms with Crippen molar-refractivity contribution in [1.82, 2.24) is 25.4 Å². The molecule has 1 unspecified atom stereocenters. The maximum Gasteiger partial charge on any atom is 0.278 e. The Morgan fingerprint density at radius 2 is 2.04 bits per heavy atom. The van der Waals surface area contributed by atoms with Crippen LogP contribution in [-0.4, -0.2) is 51.0 Å². The van der Waals surface area contributed by atoms with Gasteiger partial charge < -0.3 is 10.2 Å². The number of amides is 2. The molecule has 2 aromatic rings. The highest BCUT2D eigenvalue weighted by molar-refractivity contribution is 5.93. The van der Waals surface area contributed by atoms with Gasteiger partial charge in [-0.2, -0.15) is 5.10 Å². The van der Waals surface area contributed by atoms with E-state index in [0.717, 1.165) is 12.0 Å². The van der Waals surface area contributed by atoms with Crippen LogP contribution in [0.5, 0.6) is 0 Å². The highest BCUT2D eigenvalue weighted by Crippen LogP contribution is 2.26. The summed E-state index contributed by atoms with van der Waals surface area (Å²) in [6, 6.07) is 3.22. The molecule has 8 heteroatoms. The first-order chi connectivity index (χ1) is 12.5. The topological polar surface area (TPSA) is 108 Å². The van der Waals surface area contributed by atoms with Crippen molar-refractivity contribution in [2.45, 2.75) is 25.8 Å². The number of H-pyrrole nitrogens is 1. The lowest BCUT2D eigenvalue weighted by molar-refractivity contribution is -0.126. The van der Waals surface area contributed by atoms with Crippen molar-refractivity contribution in [3.05, 3.63) is 57.3 Å². The molecule has 1 fully saturated rings. The Morgan fingerprint density at radius 3 is 2.77 bits per heavy atom. The predicted molar refractivity (Wildman–Crippen MR) is 92.6 cm³/mol. The second kappa shape index (κ2) is 6.36. The fraction of sp³-hybridized carbons (Fsp3) is 0.389. The number of nitrogens with one attached hydrogen (secondary N) is 2. The Morgan fingerprint density at radius 1 is 1.27 bits per heavy atom. The van der Waals surface area contributed by atoms with Crippen LogP contribution < -0.4 is 10.7 Å². The van der Waals surface area contributed by atoms with Gasteiger partial charge in [-0.05, 0) is 37.0 Å². The lowest BCUT2D eigenvalue weighted by Crippen LogP contribution is -2.62. The van der Waals surface area contributed by atoms with E-state index in [1.54, 1.807) is 13.1 Å². The number of pyridine rings is 1. The van der Waals surface area contributed by atoms with Gasteiger partial charge in [0.25, 0.3) is 5.91 Å². The summed E-state index contributed by atoms with van der Waals surface area (Å²) in [5.41, 5.74) is 2.40. The molecule has 3 heterocycles. The Bertz CT molecular complexity index is 907. The lowest BCUT2D eigenvalue weighted by Gasteiger charge is -2.39. The Balaban J connectivity index is 1.31. The number of aryl methyl sites for hydroxylation is 1. The first-order valence-electron chi connectivity index (χ1n) is 8.59. The molecule has 0 bridgehead atoms. The number of likely N-dealkylation sites (tertiary alicyclic amines) is 1. The smallest absolute Gasteiger partial charge is 0.278 e. The first kappa shape index (κ1) is 16.4. The number of carbonyl (C=O) groups excluding carboxylic acids is 2. The molecule has 2 N–H and O–H groups in total. The second-order valence-corrected chi connectivity index (χ2v) is 6.93. The molecule has 134 valence electrons. The summed E-state index contributed by atoms with van der Waals surface area (Å²) in [5, 5.41) is 9.47. The number of carbonyl (C=O) groups is 2. The molecule has 8 nitrogen and oxygen atoms in total. The summed E-state index contributed by atoms with van der Waals surface area (Å²) >= 11 is 0. The molecular formula is C18H19N5O3. The first-order valence-corrected chi connectivity index (χ1v) is 8.59. The minimum Gasteiger partial charge on any atom is -0.350 e. The van der Waals surface area contributed by atoms with Crippen molar-refractivity contribution in [3.8, 4) is 0 Å². The van der Waals surface area contributed by atoms with Gasteiger partial charge in [0.1, 0.15) is 0 Å². The van der Waals surface area contributed by atoms with E-state index in [2.05, 4.69) is 20.5 Å². The molecule has 1 atom stereocenters. The second-order valence-electron chi connectivity index (χ2n) is 6.93. The van der Waals surface area contributed by atoms with Crippen LogP contribution in [0.25, 0.3) is 0 Å². The van der Waals surface area contributed by atoms with E-state index in [0.29, 0.717) is 25.2 Å². The van der Waals surface area contributed by atoms with Crippen LogP contribution in [0.3, 0.4) is 0 Å². The van der Waals surface area contributed by atoms with Crippen molar-refractivity contribution in [1.29, 1.82) is 0 Å². The van der Waals surface area contributed by atoms with Gasteiger partial charge in [-0.3, -0.25) is 24.5 Å². The van der Waals surface area contributed by atoms with Gasteiger partial charge >= 0.3 is 0 Å². The zero-order valence-electron chi connectivity index (χ0n) is 14.4. The van der Waals surface area contributed by atoms with E-state index in [-0.39, 0.29) is 23.6 Å². The molecule has 0 spiro atoms. The van der Waals surface area contributed by atoms with E-state index < -0.39 is 11.3 Å². The number of hydrogen-bond donors (Lipinski definition) is 2. The molecular weight excluding hydrogens is 334 g/mol. The quantitative estimate of drug-likeness (QED) is 0.796. The summed E-state index contributed by atoms with van der Waals surface area (Å²) in [4.78, 5) is 42.3. The molecule has 2 aromatic heterocycles. The van der Waals surface area contributed by atoms with Crippen LogP contribution >= 0.6 is 0 Å². The SMILES string of the molecule is Cc1cc(=O)c(C(=O)N2CC(NC(=O)C3Cc4ccncc4C3)C2)n[nH]1. The summed E-state index contributed by atoms with van der Waals surface area (Å²) in [6.45, 7) is 2.48. The molecule has 4 rings (SSSR count). The maximum absolute atomic E-state index is 12.5. The average Bonchev–Trinajstić information content (AvgIpc) is 3.01. The van der Waals surface area contributed by atoms with Crippen molar-refractivity contribution in [2.24, 2.45) is 5.92 Å². The van der Waals surface area contributed by atoms with E-state index in [9.17, 15) is 14.4 Å². The van der Waals surface area contributed by atoms with Gasteiger partial charge in [-0.1, -0.05) is 0 Å². The average molecular weight is 353 g/mol. The van der Waals surface area contributed by atoms with Gasteiger partial charge in [0.2, 0.25) is 11.3 Å². The number of fused-ring (bicyclic) bond motifs is 1. The molecule has 0 aromatic carbocycles. The van der Waals surface area contributed by atoms with Crippen molar-refractivity contribution >= 4 is 11.8 Å². The van der Waals surface area contributed by atoms with Crippen LogP contribution in [0.4, 0.5) is 0 Å². The molecule has 1 aliphatic heterocycles. The fourth-order valence-corrected chi connectivity index (χ4v) is 3.48. The highest BCUT2D eigenvalue weighted by atomic mass is 16.2. The van der Waals surface area contributed by atoms with Crippen LogP contribution in [-0.2, 0) is 17.6 Å². The van der Waals surface area contributed by atoms with Gasteiger partial charge in [-0.15, -0.1) is 0 Å². The Hall–Kier alpha value is -3.03. The maximum atomic E-state index is 12.5. The van der Waals surface area contributed by atoms with Crippen molar-refractivity contribution in [3.63, 3.8) is 0 Å². The lowest BCUT2D eigenvalue weighted by atomic mass is 10.0. The number of aromatic nitrogens is 3. The van der Waals surface area contributed by atoms with Crippen LogP contribution in [0.2, 0.25) is 0 Å². The monoisotopic (exact) mass is 353 g/mol. The largest absolute Gasteiger partial charge is 0.350 e. The normalized spacial score (nSPS) is 19.0. The number of aromatic amines is 1. The van der Waals surface area contributed by atoms with E-state index in [1.807, 2.05) is 12.3 Å². The molecule has 2 amide bonds. The molecule has 0 saturated carbocycles. The number of rotatable bonds is 3. The minimum atomic E-state index is -0.406. The standard InChI is InChI=1S/C18H19N5O3/c1-10-4-15(24)16(22-21-10)18(26)23-8-14(9-23)20-17(25)12-5-11-2-3-19-7-13(11)6-12/h2-4,7,12,14H,5-6,8-9H2,1H3,(H,20,25)(H,21,24). The van der Waals surface area contributed by atoms with Gasteiger partial charge in [0.15, 0.2) is 5.69 Å². The summed E-state index contributed by atoms with van der Waals surface area (Å²) in [6.07, 6.45) is 4.99. The van der Waals surface area contributed by atoms with Crippen LogP contribution in [0.1, 0.15) is 27.3 Å². The number of nitrogens with zero attached hydrogens (tertiary/aromatic N) is 3. The van der Waals surface area contributed by atoms with Crippen LogP contribution in [0, 0.1) is 12.8 Å². The number of hydrogen-bond acceptors (Lipinski definition) is 5. The third kappa shape index (κ3) is 2.98. The van der Waals surface area contributed by atoms with Crippen molar-refractivity contribution < 1.29 is 9.59 Å². The van der Waals surface area contributed by atoms with E-state index in [4.69, 9.17) is 0 Å². The predicted octanol–water partition coefficient (Wildman–Crippen LogP) is -0.171. The molecule has 26 heavy (non-hydrogen) atoms. The van der Waals surface area contributed by atoms with Gasteiger partial charge in [0.05, 0.1) is 6.04 Å². The minimum absolute atomic E-state index is 0.00427. The molecule has 1 aliphatic carbocycles. The van der Waals surface area contributed by atoms with E-state index >= 15 is 0 Å². The zero-order valence-corrected chi connectivity index (χ0v) is 14.4. The summed E-state index contributed by atoms with van der Waals surface area (Å²) < 4.78 is 0. The van der Waals surface area contributed by atoms with E-state index in [1.165, 1.54) is 16.5 Å². The summed E-state index contributed by atoms with van der Waals surface area (Å²) in [5.74, 6) is -0.485. The highest BCUT2D eigenvalue weighted by Gasteiger charge is 2.36. The van der Waals surface area contributed by atoms with Crippen LogP contribution in [0.15, 0.2) is 29.3 Å². The third-order valence-corrected chi connectivity index (χ3v) is 4.95. The van der Waals surface area contributed by atoms with Crippen molar-refractivity contribution in [2.75, 3.05) is 13.1 Å². The Labute approximate surface area is 149 Å². The molecule has 0 radical (unpaired) electrons. The molecule has 1 saturated heterocycles. The Kier molecular flexibility index (Phi) is 4.02. The third-order valence-electron chi connectivity index (χ3n) is 4.95. The fourth-order valence-electron chi connectivity index (χ4n) is 3.48. The van der Waals surface area contributed by atoms with Gasteiger partial charge in [0, 0.05) is 43.2 Å². The summed E-state index contributed by atoms with van der Waals surface area (Å²) in [7, 11) is 0. The van der Waals surface area contributed by atoms with Gasteiger partial charge in [-0.25, -0.2) is 0 Å². The molecule has 2 aliphatic rings.